The van der Waals surface area contributed by atoms with Crippen molar-refractivity contribution in [2.45, 2.75) is 18.9 Å². The van der Waals surface area contributed by atoms with E-state index in [0.717, 1.165) is 32.1 Å². The Kier molecular flexibility index (Phi) is 4.24. The lowest BCUT2D eigenvalue weighted by Crippen LogP contribution is -2.51. The highest BCUT2D eigenvalue weighted by molar-refractivity contribution is 5.82. The molecule has 1 atom stereocenters. The number of morpholine rings is 1. The summed E-state index contributed by atoms with van der Waals surface area (Å²) in [6.07, 6.45) is 2.56. The van der Waals surface area contributed by atoms with Crippen LogP contribution in [0.1, 0.15) is 12.8 Å². The van der Waals surface area contributed by atoms with Crippen LogP contribution >= 0.6 is 0 Å². The van der Waals surface area contributed by atoms with E-state index in [1.54, 1.807) is 9.80 Å². The normalized spacial score (nSPS) is 21.5. The third-order valence-corrected chi connectivity index (χ3v) is 4.02. The van der Waals surface area contributed by atoms with Crippen LogP contribution in [-0.4, -0.2) is 64.6 Å². The van der Waals surface area contributed by atoms with E-state index in [9.17, 15) is 14.9 Å². The van der Waals surface area contributed by atoms with Gasteiger partial charge in [-0.15, -0.1) is 0 Å². The van der Waals surface area contributed by atoms with Crippen LogP contribution in [-0.2, 0) is 9.53 Å². The highest BCUT2D eigenvalue weighted by Gasteiger charge is 2.32. The molecule has 10 nitrogen and oxygen atoms in total. The van der Waals surface area contributed by atoms with E-state index in [0.29, 0.717) is 19.7 Å². The van der Waals surface area contributed by atoms with Crippen molar-refractivity contribution in [1.82, 2.24) is 14.9 Å². The quantitative estimate of drug-likeness (QED) is 0.598. The fourth-order valence-corrected chi connectivity index (χ4v) is 2.79. The number of ether oxygens (including phenoxy) is 1. The van der Waals surface area contributed by atoms with Crippen molar-refractivity contribution in [3.05, 3.63) is 16.3 Å². The van der Waals surface area contributed by atoms with Gasteiger partial charge in [0.25, 0.3) is 5.91 Å². The summed E-state index contributed by atoms with van der Waals surface area (Å²) in [7, 11) is 0. The van der Waals surface area contributed by atoms with Crippen molar-refractivity contribution in [2.75, 3.05) is 43.4 Å². The third kappa shape index (κ3) is 3.16. The summed E-state index contributed by atoms with van der Waals surface area (Å²) in [4.78, 5) is 34.1. The lowest BCUT2D eigenvalue weighted by molar-refractivity contribution is -0.384. The highest BCUT2D eigenvalue weighted by atomic mass is 16.6. The Morgan fingerprint density at radius 1 is 1.39 bits per heavy atom. The van der Waals surface area contributed by atoms with Crippen molar-refractivity contribution < 1.29 is 14.5 Å². The summed E-state index contributed by atoms with van der Waals surface area (Å²) in [5.41, 5.74) is 5.27. The fourth-order valence-electron chi connectivity index (χ4n) is 2.79. The Morgan fingerprint density at radius 3 is 2.78 bits per heavy atom. The van der Waals surface area contributed by atoms with Crippen molar-refractivity contribution in [2.24, 2.45) is 0 Å². The molecule has 1 unspecified atom stereocenters. The number of nitro groups is 1. The maximum absolute atomic E-state index is 12.4. The van der Waals surface area contributed by atoms with E-state index in [1.165, 1.54) is 0 Å². The summed E-state index contributed by atoms with van der Waals surface area (Å²) in [6.45, 7) is 2.71. The van der Waals surface area contributed by atoms with Gasteiger partial charge in [0.2, 0.25) is 11.8 Å². The predicted molar refractivity (Wildman–Crippen MR) is 80.9 cm³/mol. The molecule has 2 aliphatic rings. The van der Waals surface area contributed by atoms with E-state index >= 15 is 0 Å². The minimum atomic E-state index is -0.627. The van der Waals surface area contributed by atoms with Gasteiger partial charge in [0, 0.05) is 19.6 Å². The second kappa shape index (κ2) is 6.32. The molecule has 0 saturated carbocycles. The Bertz CT molecular complexity index is 618. The summed E-state index contributed by atoms with van der Waals surface area (Å²) in [6, 6.07) is 0. The summed E-state index contributed by atoms with van der Waals surface area (Å²) in [5, 5.41) is 10.8. The molecule has 0 radical (unpaired) electrons. The lowest BCUT2D eigenvalue weighted by atomic mass is 10.2. The Hall–Kier alpha value is -2.49. The van der Waals surface area contributed by atoms with Gasteiger partial charge in [0.05, 0.1) is 18.1 Å². The first kappa shape index (κ1) is 15.4. The van der Waals surface area contributed by atoms with Crippen LogP contribution in [0, 0.1) is 10.1 Å². The van der Waals surface area contributed by atoms with Crippen molar-refractivity contribution in [3.8, 4) is 0 Å². The van der Waals surface area contributed by atoms with Crippen molar-refractivity contribution in [1.29, 1.82) is 0 Å². The van der Waals surface area contributed by atoms with Gasteiger partial charge in [-0.1, -0.05) is 0 Å². The second-order valence-electron chi connectivity index (χ2n) is 5.54. The first-order valence-corrected chi connectivity index (χ1v) is 7.48. The maximum atomic E-state index is 12.4. The number of nitrogen functional groups attached to an aromatic ring is 1. The molecule has 0 bridgehead atoms. The number of nitrogens with zero attached hydrogens (tertiary/aromatic N) is 5. The zero-order chi connectivity index (χ0) is 16.4. The smallest absolute Gasteiger partial charge is 0.329 e. The van der Waals surface area contributed by atoms with Gasteiger partial charge in [-0.3, -0.25) is 14.9 Å². The number of hydrogen-bond acceptors (Lipinski definition) is 8. The average Bonchev–Trinajstić information content (AvgIpc) is 3.08. The molecule has 1 aromatic heterocycles. The first-order valence-electron chi connectivity index (χ1n) is 7.48. The molecule has 1 aromatic rings. The summed E-state index contributed by atoms with van der Waals surface area (Å²) < 4.78 is 5.57. The van der Waals surface area contributed by atoms with E-state index in [-0.39, 0.29) is 23.4 Å². The Labute approximate surface area is 132 Å². The number of hydrogen-bond donors (Lipinski definition) is 1. The number of anilines is 2. The van der Waals surface area contributed by atoms with Gasteiger partial charge >= 0.3 is 5.69 Å². The predicted octanol–water partition coefficient (Wildman–Crippen LogP) is -0.205. The molecule has 2 N–H and O–H groups in total. The number of rotatable bonds is 3. The number of amides is 1. The van der Waals surface area contributed by atoms with E-state index < -0.39 is 11.0 Å². The molecule has 23 heavy (non-hydrogen) atoms. The number of likely N-dealkylation sites (tertiary alicyclic amines) is 1. The van der Waals surface area contributed by atoms with Crippen LogP contribution < -0.4 is 10.6 Å². The molecule has 124 valence electrons. The molecular weight excluding hydrogens is 304 g/mol. The van der Waals surface area contributed by atoms with Gasteiger partial charge < -0.3 is 20.3 Å². The standard InChI is InChI=1S/C13H18N6O4/c14-11-9(19(21)22)7-15-13(16-11)18-5-6-23-10(8-18)12(20)17-3-1-2-4-17/h7,10H,1-6,8H2,(H2,14,15,16). The lowest BCUT2D eigenvalue weighted by Gasteiger charge is -2.33. The molecule has 10 heteroatoms. The molecule has 2 fully saturated rings. The number of nitrogens with two attached hydrogens (primary N) is 1. The van der Waals surface area contributed by atoms with Crippen LogP contribution in [0.4, 0.5) is 17.5 Å². The monoisotopic (exact) mass is 322 g/mol. The summed E-state index contributed by atoms with van der Waals surface area (Å²) >= 11 is 0. The molecule has 2 saturated heterocycles. The van der Waals surface area contributed by atoms with Crippen molar-refractivity contribution >= 4 is 23.4 Å². The van der Waals surface area contributed by atoms with E-state index in [2.05, 4.69) is 9.97 Å². The topological polar surface area (TPSA) is 128 Å². The molecule has 3 heterocycles. The van der Waals surface area contributed by atoms with Crippen LogP contribution in [0.15, 0.2) is 6.20 Å². The second-order valence-corrected chi connectivity index (χ2v) is 5.54. The zero-order valence-electron chi connectivity index (χ0n) is 12.6. The van der Waals surface area contributed by atoms with Gasteiger partial charge in [-0.05, 0) is 12.8 Å². The average molecular weight is 322 g/mol. The van der Waals surface area contributed by atoms with Crippen LogP contribution in [0.5, 0.6) is 0 Å². The molecular formula is C13H18N6O4. The third-order valence-electron chi connectivity index (χ3n) is 4.02. The molecule has 3 rings (SSSR count). The number of aromatic nitrogens is 2. The van der Waals surface area contributed by atoms with E-state index in [1.807, 2.05) is 0 Å². The minimum Gasteiger partial charge on any atom is -0.378 e. The molecule has 0 spiro atoms. The Morgan fingerprint density at radius 2 is 2.13 bits per heavy atom. The van der Waals surface area contributed by atoms with Crippen LogP contribution in [0.3, 0.4) is 0 Å². The number of carbonyl (C=O) groups is 1. The van der Waals surface area contributed by atoms with Crippen LogP contribution in [0.2, 0.25) is 0 Å². The van der Waals surface area contributed by atoms with E-state index in [4.69, 9.17) is 10.5 Å². The van der Waals surface area contributed by atoms with Gasteiger partial charge in [-0.25, -0.2) is 4.98 Å². The fraction of sp³-hybridized carbons (Fsp3) is 0.615. The molecule has 0 aromatic carbocycles. The largest absolute Gasteiger partial charge is 0.378 e. The summed E-state index contributed by atoms with van der Waals surface area (Å²) in [5.74, 6) is 0.0617. The molecule has 2 aliphatic heterocycles. The molecule has 0 aliphatic carbocycles. The Balaban J connectivity index is 1.72. The van der Waals surface area contributed by atoms with Gasteiger partial charge in [0.1, 0.15) is 6.20 Å². The zero-order valence-corrected chi connectivity index (χ0v) is 12.6. The van der Waals surface area contributed by atoms with Gasteiger partial charge in [0.15, 0.2) is 6.10 Å². The minimum absolute atomic E-state index is 0.0258. The highest BCUT2D eigenvalue weighted by Crippen LogP contribution is 2.22. The molecule has 1 amide bonds. The van der Waals surface area contributed by atoms with Crippen molar-refractivity contribution in [3.63, 3.8) is 0 Å². The SMILES string of the molecule is Nc1nc(N2CCOC(C(=O)N3CCCC3)C2)ncc1[N+](=O)[O-]. The maximum Gasteiger partial charge on any atom is 0.329 e. The van der Waals surface area contributed by atoms with Crippen LogP contribution in [0.25, 0.3) is 0 Å². The number of carbonyl (C=O) groups excluding carboxylic acids is 1. The first-order chi connectivity index (χ1) is 11.1. The van der Waals surface area contributed by atoms with Gasteiger partial charge in [-0.2, -0.15) is 4.98 Å².